The molecule has 1 saturated carbocycles. The summed E-state index contributed by atoms with van der Waals surface area (Å²) in [5, 5.41) is 3.61. The summed E-state index contributed by atoms with van der Waals surface area (Å²) in [6, 6.07) is 9.26. The molecule has 0 aliphatic heterocycles. The summed E-state index contributed by atoms with van der Waals surface area (Å²) in [7, 11) is 0. The number of anilines is 1. The number of aryl methyl sites for hydroxylation is 1. The third-order valence-electron chi connectivity index (χ3n) is 2.86. The lowest BCUT2D eigenvalue weighted by Gasteiger charge is -2.15. The highest BCUT2D eigenvalue weighted by atomic mass is 35.5. The predicted molar refractivity (Wildman–Crippen MR) is 64.3 cm³/mol. The molecule has 0 atom stereocenters. The van der Waals surface area contributed by atoms with Crippen LogP contribution >= 0.6 is 12.4 Å². The number of hydrogen-bond donors (Lipinski definition) is 1. The lowest BCUT2D eigenvalue weighted by molar-refractivity contribution is 0.754. The number of hydrogen-bond acceptors (Lipinski definition) is 1. The molecule has 0 aromatic heterocycles. The number of rotatable bonds is 2. The van der Waals surface area contributed by atoms with Crippen LogP contribution in [0.3, 0.4) is 0 Å². The van der Waals surface area contributed by atoms with E-state index >= 15 is 0 Å². The average Bonchev–Trinajstić information content (AvgIpc) is 2.61. The normalized spacial score (nSPS) is 16.4. The lowest BCUT2D eigenvalue weighted by Crippen LogP contribution is -2.14. The van der Waals surface area contributed by atoms with Crippen LogP contribution in [0.4, 0.5) is 5.69 Å². The van der Waals surface area contributed by atoms with Crippen molar-refractivity contribution in [3.05, 3.63) is 29.8 Å². The molecule has 1 aliphatic carbocycles. The fourth-order valence-corrected chi connectivity index (χ4v) is 2.02. The van der Waals surface area contributed by atoms with Gasteiger partial charge >= 0.3 is 0 Å². The van der Waals surface area contributed by atoms with Gasteiger partial charge in [-0.25, -0.2) is 0 Å². The molecule has 2 heteroatoms. The summed E-state index contributed by atoms with van der Waals surface area (Å²) in [4.78, 5) is 0. The zero-order valence-electron chi connectivity index (χ0n) is 8.62. The van der Waals surface area contributed by atoms with Gasteiger partial charge in [0.15, 0.2) is 0 Å². The Kier molecular flexibility index (Phi) is 4.27. The lowest BCUT2D eigenvalue weighted by atomic mass is 10.1. The molecule has 0 radical (unpaired) electrons. The molecule has 1 nitrogen and oxygen atoms in total. The summed E-state index contributed by atoms with van der Waals surface area (Å²) >= 11 is 0. The van der Waals surface area contributed by atoms with Crippen LogP contribution in [0.15, 0.2) is 24.3 Å². The highest BCUT2D eigenvalue weighted by molar-refractivity contribution is 5.85. The van der Waals surface area contributed by atoms with Gasteiger partial charge in [0, 0.05) is 11.7 Å². The van der Waals surface area contributed by atoms with Crippen LogP contribution < -0.4 is 5.32 Å². The molecule has 1 N–H and O–H groups in total. The van der Waals surface area contributed by atoms with Gasteiger partial charge in [-0.05, 0) is 31.4 Å². The van der Waals surface area contributed by atoms with Crippen molar-refractivity contribution in [2.24, 2.45) is 0 Å². The van der Waals surface area contributed by atoms with Gasteiger partial charge in [-0.15, -0.1) is 12.4 Å². The van der Waals surface area contributed by atoms with E-state index < -0.39 is 0 Å². The Hall–Kier alpha value is -0.690. The van der Waals surface area contributed by atoms with Crippen molar-refractivity contribution in [2.45, 2.75) is 38.6 Å². The molecular weight excluding hydrogens is 194 g/mol. The Balaban J connectivity index is 0.000000980. The van der Waals surface area contributed by atoms with Crippen molar-refractivity contribution in [1.82, 2.24) is 0 Å². The van der Waals surface area contributed by atoms with Crippen molar-refractivity contribution < 1.29 is 0 Å². The van der Waals surface area contributed by atoms with Crippen LogP contribution in [0.2, 0.25) is 0 Å². The summed E-state index contributed by atoms with van der Waals surface area (Å²) in [6.07, 6.45) is 5.47. The van der Waals surface area contributed by atoms with Crippen molar-refractivity contribution in [3.8, 4) is 0 Å². The van der Waals surface area contributed by atoms with Gasteiger partial charge in [-0.3, -0.25) is 0 Å². The molecular formula is C12H18ClN. The maximum absolute atomic E-state index is 3.61. The van der Waals surface area contributed by atoms with Crippen LogP contribution in [-0.4, -0.2) is 6.04 Å². The smallest absolute Gasteiger partial charge is 0.0372 e. The standard InChI is InChI=1S/C12H17N.ClH/c1-10-6-2-5-9-12(10)13-11-7-3-4-8-11;/h2,5-6,9,11,13H,3-4,7-8H2,1H3;1H. The fourth-order valence-electron chi connectivity index (χ4n) is 2.02. The summed E-state index contributed by atoms with van der Waals surface area (Å²) < 4.78 is 0. The van der Waals surface area contributed by atoms with Gasteiger partial charge in [-0.2, -0.15) is 0 Å². The van der Waals surface area contributed by atoms with Crippen LogP contribution in [0.25, 0.3) is 0 Å². The molecule has 1 aromatic rings. The van der Waals surface area contributed by atoms with E-state index in [1.807, 2.05) is 0 Å². The zero-order valence-corrected chi connectivity index (χ0v) is 9.44. The molecule has 0 spiro atoms. The minimum Gasteiger partial charge on any atom is -0.382 e. The first-order valence-electron chi connectivity index (χ1n) is 5.18. The van der Waals surface area contributed by atoms with E-state index in [1.165, 1.54) is 36.9 Å². The van der Waals surface area contributed by atoms with E-state index in [1.54, 1.807) is 0 Å². The Morgan fingerprint density at radius 1 is 1.14 bits per heavy atom. The van der Waals surface area contributed by atoms with Crippen molar-refractivity contribution in [3.63, 3.8) is 0 Å². The quantitative estimate of drug-likeness (QED) is 0.786. The third-order valence-corrected chi connectivity index (χ3v) is 2.86. The van der Waals surface area contributed by atoms with Gasteiger partial charge in [0.05, 0.1) is 0 Å². The van der Waals surface area contributed by atoms with Crippen molar-refractivity contribution in [1.29, 1.82) is 0 Å². The number of halogens is 1. The number of benzene rings is 1. The minimum absolute atomic E-state index is 0. The second kappa shape index (κ2) is 5.26. The van der Waals surface area contributed by atoms with E-state index in [0.29, 0.717) is 0 Å². The maximum Gasteiger partial charge on any atom is 0.0372 e. The summed E-state index contributed by atoms with van der Waals surface area (Å²) in [5.41, 5.74) is 2.67. The zero-order chi connectivity index (χ0) is 9.10. The average molecular weight is 212 g/mol. The first-order valence-corrected chi connectivity index (χ1v) is 5.18. The first kappa shape index (κ1) is 11.4. The SMILES string of the molecule is Cc1ccccc1NC1CCCC1.Cl. The molecule has 0 saturated heterocycles. The monoisotopic (exact) mass is 211 g/mol. The molecule has 2 rings (SSSR count). The molecule has 1 aromatic carbocycles. The van der Waals surface area contributed by atoms with Crippen LogP contribution in [-0.2, 0) is 0 Å². The van der Waals surface area contributed by atoms with E-state index in [-0.39, 0.29) is 12.4 Å². The molecule has 0 amide bonds. The molecule has 0 bridgehead atoms. The predicted octanol–water partition coefficient (Wildman–Crippen LogP) is 3.77. The fraction of sp³-hybridized carbons (Fsp3) is 0.500. The van der Waals surface area contributed by atoms with E-state index in [2.05, 4.69) is 36.5 Å². The van der Waals surface area contributed by atoms with E-state index in [9.17, 15) is 0 Å². The highest BCUT2D eigenvalue weighted by Crippen LogP contribution is 2.23. The van der Waals surface area contributed by atoms with Gasteiger partial charge in [0.1, 0.15) is 0 Å². The molecule has 0 heterocycles. The largest absolute Gasteiger partial charge is 0.382 e. The van der Waals surface area contributed by atoms with E-state index in [4.69, 9.17) is 0 Å². The minimum atomic E-state index is 0. The molecule has 0 unspecified atom stereocenters. The second-order valence-corrected chi connectivity index (χ2v) is 3.94. The van der Waals surface area contributed by atoms with Crippen molar-refractivity contribution in [2.75, 3.05) is 5.32 Å². The molecule has 1 aliphatic rings. The van der Waals surface area contributed by atoms with Crippen LogP contribution in [0.5, 0.6) is 0 Å². The number of nitrogens with one attached hydrogen (secondary N) is 1. The van der Waals surface area contributed by atoms with Crippen molar-refractivity contribution >= 4 is 18.1 Å². The Labute approximate surface area is 92.3 Å². The molecule has 1 fully saturated rings. The second-order valence-electron chi connectivity index (χ2n) is 3.94. The topological polar surface area (TPSA) is 12.0 Å². The Morgan fingerprint density at radius 2 is 1.79 bits per heavy atom. The Morgan fingerprint density at radius 3 is 2.43 bits per heavy atom. The maximum atomic E-state index is 3.61. The van der Waals surface area contributed by atoms with Crippen LogP contribution in [0, 0.1) is 6.92 Å². The summed E-state index contributed by atoms with van der Waals surface area (Å²) in [5.74, 6) is 0. The van der Waals surface area contributed by atoms with Gasteiger partial charge in [0.2, 0.25) is 0 Å². The molecule has 78 valence electrons. The van der Waals surface area contributed by atoms with E-state index in [0.717, 1.165) is 6.04 Å². The molecule has 14 heavy (non-hydrogen) atoms. The third kappa shape index (κ3) is 2.65. The number of para-hydroxylation sites is 1. The van der Waals surface area contributed by atoms with Gasteiger partial charge in [0.25, 0.3) is 0 Å². The van der Waals surface area contributed by atoms with Gasteiger partial charge < -0.3 is 5.32 Å². The van der Waals surface area contributed by atoms with Crippen LogP contribution in [0.1, 0.15) is 31.2 Å². The summed E-state index contributed by atoms with van der Waals surface area (Å²) in [6.45, 7) is 2.16. The highest BCUT2D eigenvalue weighted by Gasteiger charge is 2.14. The first-order chi connectivity index (χ1) is 6.36. The van der Waals surface area contributed by atoms with Gasteiger partial charge in [-0.1, -0.05) is 31.0 Å². The Bertz CT molecular complexity index is 279.